The van der Waals surface area contributed by atoms with Crippen molar-refractivity contribution in [3.8, 4) is 22.3 Å². The lowest BCUT2D eigenvalue weighted by molar-refractivity contribution is 0.767. The van der Waals surface area contributed by atoms with E-state index in [9.17, 15) is 0 Å². The lowest BCUT2D eigenvalue weighted by Gasteiger charge is -2.34. The fourth-order valence-electron chi connectivity index (χ4n) is 8.34. The lowest BCUT2D eigenvalue weighted by Crippen LogP contribution is -2.28. The first-order chi connectivity index (χ1) is 25.2. The Bertz CT molecular complexity index is 2400. The summed E-state index contributed by atoms with van der Waals surface area (Å²) in [4.78, 5) is 2.45. The van der Waals surface area contributed by atoms with Gasteiger partial charge in [-0.15, -0.1) is 0 Å². The molecule has 244 valence electrons. The van der Waals surface area contributed by atoms with Crippen LogP contribution >= 0.6 is 0 Å². The predicted molar refractivity (Wildman–Crippen MR) is 215 cm³/mol. The van der Waals surface area contributed by atoms with E-state index in [0.29, 0.717) is 0 Å². The Balaban J connectivity index is 1.29. The summed E-state index contributed by atoms with van der Waals surface area (Å²) in [6, 6.07) is 64.9. The fraction of sp³-hybridized carbons (Fsp3) is 0.0800. The van der Waals surface area contributed by atoms with Crippen molar-refractivity contribution in [2.24, 2.45) is 0 Å². The number of allylic oxidation sites excluding steroid dienone is 4. The van der Waals surface area contributed by atoms with Crippen LogP contribution in [-0.4, -0.2) is 0 Å². The van der Waals surface area contributed by atoms with Crippen LogP contribution in [0.25, 0.3) is 27.8 Å². The zero-order valence-corrected chi connectivity index (χ0v) is 28.8. The fourth-order valence-corrected chi connectivity index (χ4v) is 8.34. The minimum Gasteiger partial charge on any atom is -0.310 e. The van der Waals surface area contributed by atoms with E-state index in [0.717, 1.165) is 24.2 Å². The molecule has 1 atom stereocenters. The molecule has 7 aromatic rings. The summed E-state index contributed by atoms with van der Waals surface area (Å²) < 4.78 is 0. The third-order valence-electron chi connectivity index (χ3n) is 10.6. The molecule has 0 bridgehead atoms. The highest BCUT2D eigenvalue weighted by Crippen LogP contribution is 2.59. The van der Waals surface area contributed by atoms with E-state index in [1.54, 1.807) is 0 Å². The average Bonchev–Trinajstić information content (AvgIpc) is 3.51. The van der Waals surface area contributed by atoms with Crippen LogP contribution in [0.5, 0.6) is 0 Å². The molecule has 0 radical (unpaired) electrons. The number of fused-ring (bicyclic) bond motifs is 3. The molecule has 0 saturated carbocycles. The normalized spacial score (nSPS) is 15.9. The van der Waals surface area contributed by atoms with Crippen molar-refractivity contribution in [3.05, 3.63) is 228 Å². The van der Waals surface area contributed by atoms with E-state index in [-0.39, 0.29) is 0 Å². The first kappa shape index (κ1) is 30.8. The van der Waals surface area contributed by atoms with Crippen molar-refractivity contribution in [2.45, 2.75) is 25.2 Å². The van der Waals surface area contributed by atoms with Crippen molar-refractivity contribution in [1.82, 2.24) is 0 Å². The number of benzene rings is 7. The second kappa shape index (κ2) is 12.9. The van der Waals surface area contributed by atoms with Gasteiger partial charge in [-0.2, -0.15) is 0 Å². The highest BCUT2D eigenvalue weighted by atomic mass is 15.1. The quantitative estimate of drug-likeness (QED) is 0.165. The van der Waals surface area contributed by atoms with Crippen LogP contribution in [0.2, 0.25) is 0 Å². The predicted octanol–water partition coefficient (Wildman–Crippen LogP) is 13.2. The Morgan fingerprint density at radius 1 is 0.490 bits per heavy atom. The smallest absolute Gasteiger partial charge is 0.0714 e. The van der Waals surface area contributed by atoms with Crippen molar-refractivity contribution >= 4 is 22.6 Å². The number of aryl methyl sites for hydroxylation is 1. The van der Waals surface area contributed by atoms with Gasteiger partial charge in [-0.1, -0.05) is 169 Å². The zero-order chi connectivity index (χ0) is 34.2. The van der Waals surface area contributed by atoms with E-state index in [4.69, 9.17) is 0 Å². The Morgan fingerprint density at radius 2 is 1.10 bits per heavy atom. The third kappa shape index (κ3) is 5.25. The summed E-state index contributed by atoms with van der Waals surface area (Å²) in [6.07, 6.45) is 9.09. The highest BCUT2D eigenvalue weighted by Gasteiger charge is 2.47. The molecule has 51 heavy (non-hydrogen) atoms. The minimum absolute atomic E-state index is 0.471. The Hall–Kier alpha value is -6.18. The van der Waals surface area contributed by atoms with Crippen LogP contribution in [0.15, 0.2) is 194 Å². The second-order valence-electron chi connectivity index (χ2n) is 13.7. The topological polar surface area (TPSA) is 3.24 Å². The largest absolute Gasteiger partial charge is 0.310 e. The first-order valence-corrected chi connectivity index (χ1v) is 18.0. The van der Waals surface area contributed by atoms with E-state index >= 15 is 0 Å². The van der Waals surface area contributed by atoms with Gasteiger partial charge in [0.1, 0.15) is 0 Å². The molecule has 0 spiro atoms. The molecule has 7 aromatic carbocycles. The highest BCUT2D eigenvalue weighted by molar-refractivity contribution is 5.97. The number of anilines is 3. The Kier molecular flexibility index (Phi) is 7.82. The van der Waals surface area contributed by atoms with Crippen LogP contribution < -0.4 is 4.90 Å². The monoisotopic (exact) mass is 653 g/mol. The summed E-state index contributed by atoms with van der Waals surface area (Å²) in [7, 11) is 0. The van der Waals surface area contributed by atoms with Gasteiger partial charge in [0, 0.05) is 16.9 Å². The molecule has 2 aliphatic carbocycles. The van der Waals surface area contributed by atoms with Crippen LogP contribution in [-0.2, 0) is 5.41 Å². The van der Waals surface area contributed by atoms with Crippen LogP contribution in [0.4, 0.5) is 17.1 Å². The van der Waals surface area contributed by atoms with Gasteiger partial charge in [-0.05, 0) is 100 Å². The molecule has 0 N–H and O–H groups in total. The molecule has 0 fully saturated rings. The van der Waals surface area contributed by atoms with Crippen LogP contribution in [0.1, 0.15) is 46.2 Å². The maximum Gasteiger partial charge on any atom is 0.0714 e. The minimum atomic E-state index is -0.471. The van der Waals surface area contributed by atoms with E-state index in [1.807, 2.05) is 0 Å². The lowest BCUT2D eigenvalue weighted by atomic mass is 9.67. The van der Waals surface area contributed by atoms with Crippen molar-refractivity contribution in [2.75, 3.05) is 4.90 Å². The standard InChI is InChI=1S/C50H39N/c1-36-15-13-22-42(35-36)50(41-20-9-4-10-21-41)46-24-12-11-23-45(46)49-47(50)25-14-26-48(49)51(43-31-27-39(28-32-43)37-16-5-2-6-17-37)44-33-29-40(30-34-44)38-18-7-3-8-19-38/h2,4-7,9-35H,3,8H2,1H3. The summed E-state index contributed by atoms with van der Waals surface area (Å²) in [5.74, 6) is 0. The van der Waals surface area contributed by atoms with Gasteiger partial charge < -0.3 is 4.90 Å². The van der Waals surface area contributed by atoms with Crippen LogP contribution in [0.3, 0.4) is 0 Å². The molecule has 0 aliphatic heterocycles. The molecule has 0 heterocycles. The molecule has 0 saturated heterocycles. The maximum absolute atomic E-state index is 2.45. The SMILES string of the molecule is Cc1cccc(C2(c3ccccc3)c3ccccc3-c3c(N(c4ccc(C5=CCCC=C5)cc4)c4ccc(-c5ccccc5)cc4)cccc32)c1. The van der Waals surface area contributed by atoms with Crippen molar-refractivity contribution < 1.29 is 0 Å². The molecule has 1 nitrogen and oxygen atoms in total. The van der Waals surface area contributed by atoms with Gasteiger partial charge in [0.15, 0.2) is 0 Å². The van der Waals surface area contributed by atoms with E-state index in [2.05, 4.69) is 206 Å². The summed E-state index contributed by atoms with van der Waals surface area (Å²) in [5, 5.41) is 0. The first-order valence-electron chi connectivity index (χ1n) is 18.0. The summed E-state index contributed by atoms with van der Waals surface area (Å²) >= 11 is 0. The average molecular weight is 654 g/mol. The van der Waals surface area contributed by atoms with Gasteiger partial charge in [0.25, 0.3) is 0 Å². The molecule has 2 aliphatic rings. The zero-order valence-electron chi connectivity index (χ0n) is 28.8. The Morgan fingerprint density at radius 3 is 1.80 bits per heavy atom. The van der Waals surface area contributed by atoms with E-state index in [1.165, 1.54) is 66.9 Å². The molecule has 1 heteroatoms. The van der Waals surface area contributed by atoms with Gasteiger partial charge >= 0.3 is 0 Å². The number of hydrogen-bond donors (Lipinski definition) is 0. The number of nitrogens with zero attached hydrogens (tertiary/aromatic N) is 1. The third-order valence-corrected chi connectivity index (χ3v) is 10.6. The van der Waals surface area contributed by atoms with E-state index < -0.39 is 5.41 Å². The molecule has 1 unspecified atom stereocenters. The van der Waals surface area contributed by atoms with Crippen LogP contribution in [0, 0.1) is 6.92 Å². The molecular formula is C50H39N. The van der Waals surface area contributed by atoms with Gasteiger partial charge in [-0.3, -0.25) is 0 Å². The molecule has 9 rings (SSSR count). The van der Waals surface area contributed by atoms with Gasteiger partial charge in [-0.25, -0.2) is 0 Å². The molecular weight excluding hydrogens is 615 g/mol. The van der Waals surface area contributed by atoms with Crippen molar-refractivity contribution in [1.29, 1.82) is 0 Å². The van der Waals surface area contributed by atoms with Crippen molar-refractivity contribution in [3.63, 3.8) is 0 Å². The molecule has 0 amide bonds. The Labute approximate surface area is 301 Å². The maximum atomic E-state index is 2.45. The van der Waals surface area contributed by atoms with Gasteiger partial charge in [0.05, 0.1) is 11.1 Å². The number of rotatable bonds is 7. The number of hydrogen-bond acceptors (Lipinski definition) is 1. The second-order valence-corrected chi connectivity index (χ2v) is 13.7. The summed E-state index contributed by atoms with van der Waals surface area (Å²) in [5.41, 5.74) is 16.9. The molecule has 0 aromatic heterocycles. The van der Waals surface area contributed by atoms with Gasteiger partial charge in [0.2, 0.25) is 0 Å². The summed E-state index contributed by atoms with van der Waals surface area (Å²) in [6.45, 7) is 2.20.